The fourth-order valence-corrected chi connectivity index (χ4v) is 7.06. The molecule has 0 aliphatic rings. The maximum Gasteiger partial charge on any atom is 0.290 e. The first-order chi connectivity index (χ1) is 12.8. The summed E-state index contributed by atoms with van der Waals surface area (Å²) < 4.78 is 58.6. The molecule has 8 heteroatoms. The van der Waals surface area contributed by atoms with Crippen LogP contribution in [-0.4, -0.2) is 12.6 Å². The van der Waals surface area contributed by atoms with E-state index in [1.54, 1.807) is 42.5 Å². The highest BCUT2D eigenvalue weighted by Crippen LogP contribution is 2.37. The third-order valence-electron chi connectivity index (χ3n) is 3.76. The molecular formula is C19H15BrFNO3S2. The second-order valence-electron chi connectivity index (χ2n) is 5.58. The van der Waals surface area contributed by atoms with Crippen LogP contribution in [0.15, 0.2) is 103 Å². The van der Waals surface area contributed by atoms with Gasteiger partial charge in [0.05, 0.1) is 9.79 Å². The molecule has 3 rings (SSSR count). The van der Waals surface area contributed by atoms with Gasteiger partial charge in [0, 0.05) is 10.0 Å². The Hall–Kier alpha value is -2.03. The van der Waals surface area contributed by atoms with Crippen molar-refractivity contribution in [2.75, 3.05) is 0 Å². The normalized spacial score (nSPS) is 14.9. The first-order valence-corrected chi connectivity index (χ1v) is 11.7. The van der Waals surface area contributed by atoms with Crippen LogP contribution in [-0.2, 0) is 19.8 Å². The molecule has 4 nitrogen and oxygen atoms in total. The molecule has 2 atom stereocenters. The molecule has 0 heterocycles. The molecule has 3 aromatic carbocycles. The fourth-order valence-electron chi connectivity index (χ4n) is 2.43. The first kappa shape index (κ1) is 19.7. The molecule has 0 aliphatic heterocycles. The molecule has 0 aromatic heterocycles. The Labute approximate surface area is 166 Å². The highest BCUT2D eigenvalue weighted by Gasteiger charge is 2.31. The van der Waals surface area contributed by atoms with Crippen molar-refractivity contribution < 1.29 is 17.0 Å². The standard InChI is InChI=1S/C19H15BrFNO3S2/c20-18-14-8-7-13-17(18)19(21)26(23,15-9-3-1-4-10-15)22-27(24,25)16-11-5-2-6-12-16/h1-14,19H/t19-,26+/m1/s1. The second kappa shape index (κ2) is 7.92. The Morgan fingerprint density at radius 2 is 1.22 bits per heavy atom. The summed E-state index contributed by atoms with van der Waals surface area (Å²) in [5.74, 6) is 0. The van der Waals surface area contributed by atoms with E-state index in [0.29, 0.717) is 4.47 Å². The lowest BCUT2D eigenvalue weighted by Gasteiger charge is -2.16. The van der Waals surface area contributed by atoms with E-state index in [-0.39, 0.29) is 15.4 Å². The number of nitrogens with zero attached hydrogens (tertiary/aromatic N) is 1. The Balaban J connectivity index is 2.27. The zero-order valence-corrected chi connectivity index (χ0v) is 17.1. The minimum Gasteiger partial charge on any atom is -0.240 e. The number of hydrogen-bond donors (Lipinski definition) is 0. The van der Waals surface area contributed by atoms with Gasteiger partial charge < -0.3 is 0 Å². The largest absolute Gasteiger partial charge is 0.290 e. The van der Waals surface area contributed by atoms with E-state index in [0.717, 1.165) is 0 Å². The molecule has 0 saturated carbocycles. The number of alkyl halides is 1. The maximum atomic E-state index is 15.5. The van der Waals surface area contributed by atoms with Crippen molar-refractivity contribution in [3.63, 3.8) is 0 Å². The summed E-state index contributed by atoms with van der Waals surface area (Å²) in [6.07, 6.45) is 0. The van der Waals surface area contributed by atoms with Crippen molar-refractivity contribution in [1.82, 2.24) is 0 Å². The van der Waals surface area contributed by atoms with Crippen LogP contribution < -0.4 is 0 Å². The average Bonchev–Trinajstić information content (AvgIpc) is 2.69. The van der Waals surface area contributed by atoms with Crippen LogP contribution in [0.5, 0.6) is 0 Å². The molecular weight excluding hydrogens is 453 g/mol. The summed E-state index contributed by atoms with van der Waals surface area (Å²) in [6, 6.07) is 21.3. The van der Waals surface area contributed by atoms with Gasteiger partial charge in [-0.25, -0.2) is 8.60 Å². The first-order valence-electron chi connectivity index (χ1n) is 7.85. The number of sulfonamides is 1. The molecule has 0 N–H and O–H groups in total. The minimum atomic E-state index is -4.34. The van der Waals surface area contributed by atoms with E-state index in [2.05, 4.69) is 19.7 Å². The van der Waals surface area contributed by atoms with E-state index >= 15 is 4.39 Å². The molecule has 140 valence electrons. The molecule has 0 amide bonds. The zero-order chi connectivity index (χ0) is 19.5. The second-order valence-corrected chi connectivity index (χ2v) is 10.5. The predicted octanol–water partition coefficient (Wildman–Crippen LogP) is 5.33. The summed E-state index contributed by atoms with van der Waals surface area (Å²) in [5, 5.41) is 0. The summed E-state index contributed by atoms with van der Waals surface area (Å²) in [4.78, 5) is -0.138. The van der Waals surface area contributed by atoms with Gasteiger partial charge in [-0.05, 0) is 30.3 Å². The number of rotatable bonds is 5. The van der Waals surface area contributed by atoms with Crippen molar-refractivity contribution in [2.24, 2.45) is 3.77 Å². The summed E-state index contributed by atoms with van der Waals surface area (Å²) in [6.45, 7) is 0. The SMILES string of the molecule is O=S(=O)(N=[S@](=O)(c1ccccc1)[C@@H](F)c1ccccc1Br)c1ccccc1. The van der Waals surface area contributed by atoms with E-state index in [1.807, 2.05) is 0 Å². The van der Waals surface area contributed by atoms with Gasteiger partial charge >= 0.3 is 0 Å². The number of halogens is 2. The van der Waals surface area contributed by atoms with Gasteiger partial charge in [-0.15, -0.1) is 0 Å². The van der Waals surface area contributed by atoms with Crippen LogP contribution in [0.1, 0.15) is 11.1 Å². The Bertz CT molecular complexity index is 1160. The van der Waals surface area contributed by atoms with Crippen LogP contribution in [0, 0.1) is 0 Å². The van der Waals surface area contributed by atoms with Gasteiger partial charge in [0.15, 0.2) is 0 Å². The average molecular weight is 468 g/mol. The van der Waals surface area contributed by atoms with Crippen LogP contribution >= 0.6 is 15.9 Å². The van der Waals surface area contributed by atoms with Crippen LogP contribution in [0.25, 0.3) is 0 Å². The predicted molar refractivity (Wildman–Crippen MR) is 107 cm³/mol. The van der Waals surface area contributed by atoms with Crippen molar-refractivity contribution in [2.45, 2.75) is 15.3 Å². The molecule has 0 fully saturated rings. The summed E-state index contributed by atoms with van der Waals surface area (Å²) in [7, 11) is -8.33. The van der Waals surface area contributed by atoms with Crippen molar-refractivity contribution >= 4 is 35.7 Å². The smallest absolute Gasteiger partial charge is 0.240 e. The van der Waals surface area contributed by atoms with E-state index in [1.165, 1.54) is 42.5 Å². The van der Waals surface area contributed by atoms with Gasteiger partial charge in [-0.2, -0.15) is 8.42 Å². The van der Waals surface area contributed by atoms with Gasteiger partial charge in [-0.1, -0.05) is 74.3 Å². The van der Waals surface area contributed by atoms with Crippen LogP contribution in [0.3, 0.4) is 0 Å². The van der Waals surface area contributed by atoms with Gasteiger partial charge in [-0.3, -0.25) is 0 Å². The van der Waals surface area contributed by atoms with Gasteiger partial charge in [0.25, 0.3) is 10.0 Å². The molecule has 27 heavy (non-hydrogen) atoms. The highest BCUT2D eigenvalue weighted by atomic mass is 79.9. The monoisotopic (exact) mass is 467 g/mol. The molecule has 0 bridgehead atoms. The Morgan fingerprint density at radius 1 is 0.741 bits per heavy atom. The molecule has 3 aromatic rings. The summed E-state index contributed by atoms with van der Waals surface area (Å²) in [5.41, 5.74) is -2.08. The van der Waals surface area contributed by atoms with E-state index in [4.69, 9.17) is 0 Å². The molecule has 0 radical (unpaired) electrons. The summed E-state index contributed by atoms with van der Waals surface area (Å²) >= 11 is 3.23. The lowest BCUT2D eigenvalue weighted by molar-refractivity contribution is 0.449. The third-order valence-corrected chi connectivity index (χ3v) is 8.78. The molecule has 0 unspecified atom stereocenters. The van der Waals surface area contributed by atoms with Crippen LogP contribution in [0.4, 0.5) is 4.39 Å². The topological polar surface area (TPSA) is 63.6 Å². The van der Waals surface area contributed by atoms with Crippen LogP contribution in [0.2, 0.25) is 0 Å². The molecule has 0 aliphatic carbocycles. The van der Waals surface area contributed by atoms with E-state index < -0.39 is 25.3 Å². The molecule has 0 saturated heterocycles. The van der Waals surface area contributed by atoms with Gasteiger partial charge in [0.2, 0.25) is 5.50 Å². The fraction of sp³-hybridized carbons (Fsp3) is 0.0526. The number of hydrogen-bond acceptors (Lipinski definition) is 3. The lowest BCUT2D eigenvalue weighted by Crippen LogP contribution is -2.13. The minimum absolute atomic E-state index is 0.00718. The zero-order valence-electron chi connectivity index (χ0n) is 13.9. The van der Waals surface area contributed by atoms with Gasteiger partial charge in [0.1, 0.15) is 9.73 Å². The molecule has 0 spiro atoms. The van der Waals surface area contributed by atoms with Crippen molar-refractivity contribution in [3.8, 4) is 0 Å². The third kappa shape index (κ3) is 4.12. The lowest BCUT2D eigenvalue weighted by atomic mass is 10.2. The quantitative estimate of drug-likeness (QED) is 0.508. The Kier molecular flexibility index (Phi) is 5.78. The number of benzene rings is 3. The van der Waals surface area contributed by atoms with Crippen molar-refractivity contribution in [1.29, 1.82) is 0 Å². The highest BCUT2D eigenvalue weighted by molar-refractivity contribution is 9.10. The van der Waals surface area contributed by atoms with Crippen molar-refractivity contribution in [3.05, 3.63) is 95.0 Å². The van der Waals surface area contributed by atoms with E-state index in [9.17, 15) is 12.6 Å². The Morgan fingerprint density at radius 3 is 1.78 bits per heavy atom. The maximum absolute atomic E-state index is 15.5.